The summed E-state index contributed by atoms with van der Waals surface area (Å²) in [6, 6.07) is 195. The number of nitrogens with zero attached hydrogens (tertiary/aromatic N) is 6. The van der Waals surface area contributed by atoms with Crippen LogP contribution in [0.3, 0.4) is 0 Å². The van der Waals surface area contributed by atoms with Gasteiger partial charge in [0, 0.05) is 102 Å². The average Bonchev–Trinajstić information content (AvgIpc) is 1.39. The van der Waals surface area contributed by atoms with Crippen molar-refractivity contribution in [3.05, 3.63) is 540 Å². The minimum Gasteiger partial charge on any atom is -0.312 e. The first-order valence-electron chi connectivity index (χ1n) is 46.6. The van der Waals surface area contributed by atoms with Crippen LogP contribution in [0.15, 0.2) is 540 Å². The van der Waals surface area contributed by atoms with Gasteiger partial charge in [-0.15, -0.1) is 0 Å². The molecular weight excluding hydrogens is 1630 g/mol. The molecule has 0 amide bonds. The Labute approximate surface area is 788 Å². The molecule has 0 fully saturated rings. The first-order chi connectivity index (χ1) is 67.1. The lowest BCUT2D eigenvalue weighted by atomic mass is 9.33. The molecule has 23 aromatic rings. The fourth-order valence-corrected chi connectivity index (χ4v) is 21.5. The van der Waals surface area contributed by atoms with Gasteiger partial charge in [0.15, 0.2) is 0 Å². The third-order valence-electron chi connectivity index (χ3n) is 27.3. The molecule has 1 aromatic heterocycles. The molecule has 0 saturated carbocycles. The van der Waals surface area contributed by atoms with Crippen molar-refractivity contribution in [2.24, 2.45) is 0 Å². The molecule has 3 aliphatic rings. The Hall–Kier alpha value is -17.4. The van der Waals surface area contributed by atoms with E-state index in [0.717, 1.165) is 56.9 Å². The largest absolute Gasteiger partial charge is 0.312 e. The van der Waals surface area contributed by atoms with Crippen molar-refractivity contribution in [3.63, 3.8) is 0 Å². The molecule has 0 saturated heterocycles. The molecule has 632 valence electrons. The molecule has 3 aliphatic heterocycles. The summed E-state index contributed by atoms with van der Waals surface area (Å²) in [4.78, 5) is 11.9. The predicted molar refractivity (Wildman–Crippen MR) is 578 cm³/mol. The Morgan fingerprint density at radius 1 is 0.156 bits per heavy atom. The monoisotopic (exact) mass is 1720 g/mol. The molecule has 0 bridgehead atoms. The van der Waals surface area contributed by atoms with Crippen LogP contribution in [0.2, 0.25) is 0 Å². The van der Waals surface area contributed by atoms with E-state index >= 15 is 0 Å². The number of fused-ring (bicyclic) bond motifs is 12. The smallest absolute Gasteiger partial charge is 0.248 e. The Kier molecular flexibility index (Phi) is 21.3. The molecule has 0 radical (unpaired) electrons. The van der Waals surface area contributed by atoms with Crippen LogP contribution < -0.4 is 73.7 Å². The van der Waals surface area contributed by atoms with Crippen molar-refractivity contribution >= 4 is 209 Å². The lowest BCUT2D eigenvalue weighted by molar-refractivity contribution is 1.17. The first kappa shape index (κ1) is 80.9. The quantitative estimate of drug-likeness (QED) is 0.101. The van der Waals surface area contributed by atoms with Gasteiger partial charge in [0.2, 0.25) is 20.1 Å². The summed E-state index contributed by atoms with van der Waals surface area (Å²) in [6.45, 7) is 0.336. The minimum atomic E-state index is 0.0517. The van der Waals surface area contributed by atoms with Crippen molar-refractivity contribution in [1.29, 1.82) is 0 Å². The maximum absolute atomic E-state index is 2.44. The zero-order chi connectivity index (χ0) is 89.5. The lowest BCUT2D eigenvalue weighted by Gasteiger charge is -2.38. The zero-order valence-corrected chi connectivity index (χ0v) is 74.3. The van der Waals surface area contributed by atoms with E-state index in [1.807, 2.05) is 0 Å². The summed E-state index contributed by atoms with van der Waals surface area (Å²) in [7, 11) is 0. The van der Waals surface area contributed by atoms with E-state index in [0.29, 0.717) is 0 Å². The molecule has 9 heteroatoms. The number of para-hydroxylation sites is 12. The standard InChI is InChI=1S/C46H33BN2.C40H27BN2.C40H29BN2/c1-4-16-34(17-5-1)41-33-28-35-18-10-11-23-40(35)46(41)47-42-24-12-14-26-44(42)49(45-27-15-13-25-43(45)47)39-31-29-38(30-32-39)48(36-19-6-2-7-20-36)37-21-8-3-9-22-37;1-2-14-31-28(12-1)13-11-19-34(31)41-35-17-5-9-22-39(35)43(40-23-10-6-18-36(40)41)30-26-24-29(25-27-30)42-37-20-7-3-15-32(37)33-16-4-8-21-38(33)42;1-3-16-31(17-4-1)42(32-18-5-2-6-19-32)33-26-28-34(29-27-33)43-39-24-11-9-21-37(39)41(38-22-10-12-25-40(38)43)36-23-13-15-30-14-7-8-20-35(30)36/h1-33H;1-27H;1-29H. The van der Waals surface area contributed by atoms with Crippen LogP contribution in [0.25, 0.3) is 70.9 Å². The van der Waals surface area contributed by atoms with Gasteiger partial charge >= 0.3 is 0 Å². The van der Waals surface area contributed by atoms with Crippen LogP contribution >= 0.6 is 0 Å². The van der Waals surface area contributed by atoms with Crippen molar-refractivity contribution in [2.75, 3.05) is 24.5 Å². The first-order valence-corrected chi connectivity index (χ1v) is 46.6. The van der Waals surface area contributed by atoms with Crippen LogP contribution in [0.1, 0.15) is 0 Å². The van der Waals surface area contributed by atoms with Gasteiger partial charge in [0.25, 0.3) is 0 Å². The van der Waals surface area contributed by atoms with E-state index < -0.39 is 0 Å². The summed E-state index contributed by atoms with van der Waals surface area (Å²) in [5, 5.41) is 10.3. The lowest BCUT2D eigenvalue weighted by Crippen LogP contribution is -2.58. The Morgan fingerprint density at radius 2 is 0.400 bits per heavy atom. The highest BCUT2D eigenvalue weighted by Crippen LogP contribution is 2.45. The van der Waals surface area contributed by atoms with E-state index in [4.69, 9.17) is 0 Å². The molecule has 0 spiro atoms. The van der Waals surface area contributed by atoms with Gasteiger partial charge in [0.05, 0.1) is 11.0 Å². The van der Waals surface area contributed by atoms with Gasteiger partial charge in [-0.25, -0.2) is 0 Å². The average molecular weight is 1720 g/mol. The molecule has 4 heterocycles. The van der Waals surface area contributed by atoms with Crippen LogP contribution in [-0.2, 0) is 0 Å². The van der Waals surface area contributed by atoms with Gasteiger partial charge < -0.3 is 29.1 Å². The molecule has 0 atom stereocenters. The Bertz CT molecular complexity index is 8000. The van der Waals surface area contributed by atoms with Crippen molar-refractivity contribution in [2.45, 2.75) is 0 Å². The predicted octanol–water partition coefficient (Wildman–Crippen LogP) is 27.1. The fraction of sp³-hybridized carbons (Fsp3) is 0. The van der Waals surface area contributed by atoms with E-state index in [2.05, 4.69) is 569 Å². The minimum absolute atomic E-state index is 0.0517. The van der Waals surface area contributed by atoms with E-state index in [-0.39, 0.29) is 20.1 Å². The second-order valence-corrected chi connectivity index (χ2v) is 34.8. The number of anilines is 15. The van der Waals surface area contributed by atoms with E-state index in [1.165, 1.54) is 149 Å². The van der Waals surface area contributed by atoms with Crippen molar-refractivity contribution < 1.29 is 0 Å². The number of hydrogen-bond acceptors (Lipinski definition) is 5. The maximum Gasteiger partial charge on any atom is 0.248 e. The third-order valence-corrected chi connectivity index (χ3v) is 27.3. The molecule has 0 aliphatic carbocycles. The van der Waals surface area contributed by atoms with E-state index in [1.54, 1.807) is 0 Å². The molecule has 6 nitrogen and oxygen atoms in total. The zero-order valence-electron chi connectivity index (χ0n) is 74.3. The second kappa shape index (κ2) is 35.5. The topological polar surface area (TPSA) is 21.1 Å². The summed E-state index contributed by atoms with van der Waals surface area (Å²) in [5.74, 6) is 0. The van der Waals surface area contributed by atoms with E-state index in [9.17, 15) is 0 Å². The molecule has 0 unspecified atom stereocenters. The number of rotatable bonds is 14. The summed E-state index contributed by atoms with van der Waals surface area (Å²) in [6.07, 6.45) is 0. The Morgan fingerprint density at radius 3 is 0.756 bits per heavy atom. The van der Waals surface area contributed by atoms with Crippen LogP contribution in [0.5, 0.6) is 0 Å². The Balaban J connectivity index is 0.000000111. The fourth-order valence-electron chi connectivity index (χ4n) is 21.5. The molecule has 0 N–H and O–H groups in total. The SMILES string of the molecule is c1ccc(-c2ccc3ccccc3c2B2c3ccccc3N(c3ccc(N(c4ccccc4)c4ccccc4)cc3)c3ccccc32)cc1.c1ccc(N(c2ccccc2)c2ccc(N3c4ccccc4B(c4cccc5ccccc45)c4ccccc43)cc2)cc1.c1ccc2c(c1)B(c1cccc3ccccc13)c1ccccc1N2c1ccc(-n2c3ccccc3c3ccccc32)cc1. The van der Waals surface area contributed by atoms with Gasteiger partial charge in [-0.05, 0) is 246 Å². The summed E-state index contributed by atoms with van der Waals surface area (Å²) >= 11 is 0. The molecule has 135 heavy (non-hydrogen) atoms. The highest BCUT2D eigenvalue weighted by molar-refractivity contribution is 7.01. The second-order valence-electron chi connectivity index (χ2n) is 34.8. The number of benzene rings is 22. The summed E-state index contributed by atoms with van der Waals surface area (Å²) < 4.78 is 2.38. The van der Waals surface area contributed by atoms with Gasteiger partial charge in [0.1, 0.15) is 0 Å². The van der Waals surface area contributed by atoms with Crippen LogP contribution in [-0.4, -0.2) is 24.7 Å². The van der Waals surface area contributed by atoms with Crippen molar-refractivity contribution in [1.82, 2.24) is 4.57 Å². The number of aromatic nitrogens is 1. The third kappa shape index (κ3) is 14.7. The molecule has 22 aromatic carbocycles. The number of hydrogen-bond donors (Lipinski definition) is 0. The highest BCUT2D eigenvalue weighted by Gasteiger charge is 2.40. The normalized spacial score (nSPS) is 12.2. The molecule has 26 rings (SSSR count). The van der Waals surface area contributed by atoms with Gasteiger partial charge in [-0.3, -0.25) is 0 Å². The van der Waals surface area contributed by atoms with Gasteiger partial charge in [-0.2, -0.15) is 0 Å². The summed E-state index contributed by atoms with van der Waals surface area (Å²) in [5.41, 5.74) is 35.5. The van der Waals surface area contributed by atoms with Crippen molar-refractivity contribution in [3.8, 4) is 16.8 Å². The van der Waals surface area contributed by atoms with Crippen LogP contribution in [0.4, 0.5) is 85.3 Å². The highest BCUT2D eigenvalue weighted by atomic mass is 15.2. The molecular formula is C126H89B3N6. The van der Waals surface area contributed by atoms with Crippen LogP contribution in [0, 0.1) is 0 Å². The van der Waals surface area contributed by atoms with Gasteiger partial charge in [-0.1, -0.05) is 386 Å². The maximum atomic E-state index is 2.44.